The molecule has 4 fully saturated rings. The predicted molar refractivity (Wildman–Crippen MR) is 273 cm³/mol. The number of benzene rings is 2. The van der Waals surface area contributed by atoms with Crippen LogP contribution < -0.4 is 26.8 Å². The molecular formula is C54H61F2N11O5. The summed E-state index contributed by atoms with van der Waals surface area (Å²) in [5, 5.41) is 5.86. The third-order valence-electron chi connectivity index (χ3n) is 16.0. The molecule has 3 amide bonds. The molecule has 3 saturated heterocycles. The quantitative estimate of drug-likeness (QED) is 0.141. The number of aromatic nitrogens is 5. The van der Waals surface area contributed by atoms with Crippen LogP contribution >= 0.6 is 0 Å². The van der Waals surface area contributed by atoms with Gasteiger partial charge in [0.25, 0.3) is 11.5 Å². The molecular weight excluding hydrogens is 921 g/mol. The Morgan fingerprint density at radius 2 is 1.64 bits per heavy atom. The van der Waals surface area contributed by atoms with E-state index in [2.05, 4.69) is 49.4 Å². The molecule has 4 aromatic heterocycles. The number of carbonyl (C=O) groups is 3. The molecule has 376 valence electrons. The molecule has 4 aliphatic heterocycles. The van der Waals surface area contributed by atoms with Crippen LogP contribution in [0.3, 0.4) is 0 Å². The van der Waals surface area contributed by atoms with Crippen molar-refractivity contribution in [1.29, 1.82) is 0 Å². The van der Waals surface area contributed by atoms with Crippen LogP contribution in [0.15, 0.2) is 76.6 Å². The molecule has 5 aliphatic rings. The number of pyridine rings is 2. The number of hydrogen-bond donors (Lipinski definition) is 2. The van der Waals surface area contributed by atoms with E-state index in [4.69, 9.17) is 0 Å². The van der Waals surface area contributed by atoms with Crippen LogP contribution in [0.4, 0.5) is 20.2 Å². The topological polar surface area (TPSA) is 155 Å². The number of rotatable bonds is 11. The second-order valence-electron chi connectivity index (χ2n) is 20.4. The number of nitrogens with zero attached hydrogens (tertiary/aromatic N) is 9. The molecule has 8 heterocycles. The third-order valence-corrected chi connectivity index (χ3v) is 16.0. The Kier molecular flexibility index (Phi) is 12.5. The van der Waals surface area contributed by atoms with E-state index in [1.54, 1.807) is 23.9 Å². The molecule has 0 spiro atoms. The predicted octanol–water partition coefficient (Wildman–Crippen LogP) is 6.31. The standard InChI is InChI=1S/C54H61F2N11O5/c1-32-25-36(26-40(55)50(32)35-14-19-62(20-15-35)33(2)46-28-39-43(11-16-58-51(39)60(46)4)65-31-41(56)42(57-3)29-49(65)69)53(71)64-17-12-34(13-18-64)30-61-21-23-63(24-22-61)38-7-8-44-47(27-38)66(37-5-6-37)54(72)67(44)45-9-10-48(68)59-52(45)70/h7-8,11,14,16,25-29,31,33-34,37,45,57H,5-6,9-10,12-13,15,17-24,30H2,1-4H3,(H,59,68,70)/t33-,45-/m0/s1. The van der Waals surface area contributed by atoms with Gasteiger partial charge in [-0.3, -0.25) is 48.0 Å². The smallest absolute Gasteiger partial charge is 0.330 e. The summed E-state index contributed by atoms with van der Waals surface area (Å²) in [5.41, 5.74) is 7.00. The van der Waals surface area contributed by atoms with Gasteiger partial charge in [-0.25, -0.2) is 18.6 Å². The van der Waals surface area contributed by atoms with Crippen molar-refractivity contribution in [3.05, 3.63) is 122 Å². The number of halogens is 2. The summed E-state index contributed by atoms with van der Waals surface area (Å²) >= 11 is 0. The molecule has 2 aromatic carbocycles. The van der Waals surface area contributed by atoms with Crippen LogP contribution in [0.2, 0.25) is 0 Å². The average molecular weight is 982 g/mol. The van der Waals surface area contributed by atoms with E-state index >= 15 is 4.39 Å². The number of imidazole rings is 1. The summed E-state index contributed by atoms with van der Waals surface area (Å²) in [6.07, 6.45) is 9.67. The number of aryl methyl sites for hydroxylation is 2. The molecule has 0 bridgehead atoms. The maximum atomic E-state index is 16.1. The van der Waals surface area contributed by atoms with Gasteiger partial charge in [0, 0.05) is 132 Å². The van der Waals surface area contributed by atoms with Gasteiger partial charge in [0.2, 0.25) is 11.8 Å². The van der Waals surface area contributed by atoms with E-state index < -0.39 is 17.8 Å². The van der Waals surface area contributed by atoms with Crippen LogP contribution in [0.1, 0.15) is 97.2 Å². The van der Waals surface area contributed by atoms with E-state index in [0.29, 0.717) is 67.4 Å². The number of likely N-dealkylation sites (tertiary alicyclic amines) is 1. The van der Waals surface area contributed by atoms with E-state index in [0.717, 1.165) is 97.3 Å². The first-order chi connectivity index (χ1) is 34.8. The summed E-state index contributed by atoms with van der Waals surface area (Å²) < 4.78 is 37.7. The number of carbonyl (C=O) groups excluding carboxylic acids is 3. The van der Waals surface area contributed by atoms with Crippen LogP contribution in [0, 0.1) is 24.5 Å². The van der Waals surface area contributed by atoms with E-state index in [9.17, 15) is 28.4 Å². The van der Waals surface area contributed by atoms with Gasteiger partial charge in [-0.2, -0.15) is 0 Å². The van der Waals surface area contributed by atoms with Gasteiger partial charge >= 0.3 is 5.69 Å². The van der Waals surface area contributed by atoms with Gasteiger partial charge in [-0.1, -0.05) is 6.08 Å². The Hall–Kier alpha value is -6.92. The zero-order chi connectivity index (χ0) is 50.1. The highest BCUT2D eigenvalue weighted by atomic mass is 19.1. The van der Waals surface area contributed by atoms with Crippen LogP contribution in [-0.4, -0.2) is 122 Å². The lowest BCUT2D eigenvalue weighted by atomic mass is 9.92. The van der Waals surface area contributed by atoms with Gasteiger partial charge < -0.3 is 19.7 Å². The minimum absolute atomic E-state index is 0.0474. The van der Waals surface area contributed by atoms with E-state index in [1.807, 2.05) is 52.3 Å². The Labute approximate surface area is 415 Å². The fraction of sp³-hybridized carbons (Fsp3) is 0.444. The highest BCUT2D eigenvalue weighted by molar-refractivity contribution is 6.00. The number of fused-ring (bicyclic) bond motifs is 2. The zero-order valence-corrected chi connectivity index (χ0v) is 41.3. The summed E-state index contributed by atoms with van der Waals surface area (Å²) in [6.45, 7) is 10.9. The molecule has 0 radical (unpaired) electrons. The minimum Gasteiger partial charge on any atom is -0.386 e. The number of hydrogen-bond acceptors (Lipinski definition) is 10. The third kappa shape index (κ3) is 8.61. The van der Waals surface area contributed by atoms with Crippen molar-refractivity contribution < 1.29 is 23.2 Å². The SMILES string of the molecule is CNc1cc(=O)n(-c2ccnc3c2cc([C@H](C)N2CC=C(c4c(C)cc(C(=O)N5CCC(CN6CCN(c7ccc8c(c7)n(C7CC7)c(=O)n8[C@H]7CCC(=O)NC7=O)CC6)CC5)cc4F)CC2)n3C)cc1F. The van der Waals surface area contributed by atoms with Gasteiger partial charge in [-0.15, -0.1) is 0 Å². The van der Waals surface area contributed by atoms with Crippen molar-refractivity contribution in [2.45, 2.75) is 76.9 Å². The number of anilines is 2. The van der Waals surface area contributed by atoms with Crippen molar-refractivity contribution in [3.8, 4) is 5.69 Å². The monoisotopic (exact) mass is 981 g/mol. The molecule has 11 rings (SSSR count). The maximum absolute atomic E-state index is 16.1. The molecule has 6 aromatic rings. The van der Waals surface area contributed by atoms with Crippen molar-refractivity contribution in [2.24, 2.45) is 13.0 Å². The lowest BCUT2D eigenvalue weighted by Crippen LogP contribution is -2.49. The molecule has 18 heteroatoms. The molecule has 0 unspecified atom stereocenters. The first-order valence-electron chi connectivity index (χ1n) is 25.4. The highest BCUT2D eigenvalue weighted by Crippen LogP contribution is 2.39. The summed E-state index contributed by atoms with van der Waals surface area (Å²) in [4.78, 5) is 79.0. The molecule has 1 saturated carbocycles. The Morgan fingerprint density at radius 3 is 2.33 bits per heavy atom. The van der Waals surface area contributed by atoms with Crippen molar-refractivity contribution in [1.82, 2.24) is 43.3 Å². The Balaban J connectivity index is 0.688. The molecule has 2 atom stereocenters. The van der Waals surface area contributed by atoms with Gasteiger partial charge in [0.1, 0.15) is 17.5 Å². The number of imide groups is 1. The molecule has 16 nitrogen and oxygen atoms in total. The fourth-order valence-electron chi connectivity index (χ4n) is 11.8. The largest absolute Gasteiger partial charge is 0.386 e. The number of piperazine rings is 1. The number of piperidine rings is 2. The van der Waals surface area contributed by atoms with Gasteiger partial charge in [-0.05, 0) is 112 Å². The van der Waals surface area contributed by atoms with Crippen molar-refractivity contribution in [2.75, 3.05) is 76.2 Å². The number of nitrogens with one attached hydrogen (secondary N) is 2. The Morgan fingerprint density at radius 1 is 0.861 bits per heavy atom. The lowest BCUT2D eigenvalue weighted by molar-refractivity contribution is -0.135. The minimum atomic E-state index is -0.702. The summed E-state index contributed by atoms with van der Waals surface area (Å²) in [7, 11) is 3.51. The lowest BCUT2D eigenvalue weighted by Gasteiger charge is -2.39. The highest BCUT2D eigenvalue weighted by Gasteiger charge is 2.36. The normalized spacial score (nSPS) is 20.1. The van der Waals surface area contributed by atoms with E-state index in [-0.39, 0.29) is 53.1 Å². The van der Waals surface area contributed by atoms with Crippen LogP contribution in [0.25, 0.3) is 33.3 Å². The second-order valence-corrected chi connectivity index (χ2v) is 20.4. The van der Waals surface area contributed by atoms with Gasteiger partial charge in [0.15, 0.2) is 5.82 Å². The van der Waals surface area contributed by atoms with Crippen molar-refractivity contribution in [3.63, 3.8) is 0 Å². The molecule has 72 heavy (non-hydrogen) atoms. The maximum Gasteiger partial charge on any atom is 0.330 e. The molecule has 1 aliphatic carbocycles. The first-order valence-corrected chi connectivity index (χ1v) is 25.4. The molecule has 2 N–H and O–H groups in total. The van der Waals surface area contributed by atoms with Gasteiger partial charge in [0.05, 0.1) is 28.6 Å². The zero-order valence-electron chi connectivity index (χ0n) is 41.3. The number of amides is 3. The fourth-order valence-corrected chi connectivity index (χ4v) is 11.8. The first kappa shape index (κ1) is 47.4. The average Bonchev–Trinajstić information content (AvgIpc) is 4.10. The Bertz CT molecular complexity index is 3290. The van der Waals surface area contributed by atoms with Crippen LogP contribution in [-0.2, 0) is 16.6 Å². The van der Waals surface area contributed by atoms with E-state index in [1.165, 1.54) is 22.9 Å². The van der Waals surface area contributed by atoms with Crippen molar-refractivity contribution >= 4 is 56.7 Å². The summed E-state index contributed by atoms with van der Waals surface area (Å²) in [5.74, 6) is -1.33. The summed E-state index contributed by atoms with van der Waals surface area (Å²) in [6, 6.07) is 13.7. The second kappa shape index (κ2) is 18.9. The van der Waals surface area contributed by atoms with Crippen LogP contribution in [0.5, 0.6) is 0 Å².